The third-order valence-electron chi connectivity index (χ3n) is 4.78. The van der Waals surface area contributed by atoms with Gasteiger partial charge in [-0.3, -0.25) is 9.59 Å². The summed E-state index contributed by atoms with van der Waals surface area (Å²) in [4.78, 5) is 24.4. The van der Waals surface area contributed by atoms with Gasteiger partial charge in [-0.2, -0.15) is 11.8 Å². The molecule has 1 saturated carbocycles. The molecule has 168 valence electrons. The van der Waals surface area contributed by atoms with Crippen molar-refractivity contribution < 1.29 is 29.6 Å². The molecule has 0 spiro atoms. The molecule has 10 heteroatoms. The second kappa shape index (κ2) is 12.8. The van der Waals surface area contributed by atoms with Gasteiger partial charge in [0.1, 0.15) is 6.04 Å². The van der Waals surface area contributed by atoms with E-state index in [1.165, 1.54) is 42.8 Å². The van der Waals surface area contributed by atoms with E-state index in [0.29, 0.717) is 24.1 Å². The van der Waals surface area contributed by atoms with Crippen LogP contribution in [0.2, 0.25) is 0 Å². The molecule has 2 amide bonds. The zero-order chi connectivity index (χ0) is 21.9. The predicted octanol–water partition coefficient (Wildman–Crippen LogP) is 0.691. The SMILES string of the molecule is Nc1ccc(C(=O)NC(CO)C(O)O)cc1NC(=O)CSCCCOC1CCCC1. The summed E-state index contributed by atoms with van der Waals surface area (Å²) in [5.74, 6) is 0.196. The van der Waals surface area contributed by atoms with Crippen molar-refractivity contribution in [1.82, 2.24) is 5.32 Å². The summed E-state index contributed by atoms with van der Waals surface area (Å²) < 4.78 is 5.79. The highest BCUT2D eigenvalue weighted by atomic mass is 32.2. The maximum atomic E-state index is 12.2. The fraction of sp³-hybridized carbons (Fsp3) is 0.600. The molecule has 1 fully saturated rings. The molecule has 2 rings (SSSR count). The van der Waals surface area contributed by atoms with Gasteiger partial charge in [0.15, 0.2) is 6.29 Å². The molecule has 1 unspecified atom stereocenters. The lowest BCUT2D eigenvalue weighted by molar-refractivity contribution is -0.113. The second-order valence-electron chi connectivity index (χ2n) is 7.21. The highest BCUT2D eigenvalue weighted by Gasteiger charge is 2.20. The highest BCUT2D eigenvalue weighted by molar-refractivity contribution is 7.99. The number of hydrogen-bond acceptors (Lipinski definition) is 8. The number of amides is 2. The molecule has 0 heterocycles. The predicted molar refractivity (Wildman–Crippen MR) is 116 cm³/mol. The van der Waals surface area contributed by atoms with Crippen LogP contribution in [0.1, 0.15) is 42.5 Å². The summed E-state index contributed by atoms with van der Waals surface area (Å²) in [7, 11) is 0. The average molecular weight is 442 g/mol. The van der Waals surface area contributed by atoms with Gasteiger partial charge in [0.05, 0.1) is 29.8 Å². The Bertz CT molecular complexity index is 697. The lowest BCUT2D eigenvalue weighted by Gasteiger charge is -2.18. The number of carbonyl (C=O) groups excluding carboxylic acids is 2. The number of rotatable bonds is 12. The zero-order valence-corrected chi connectivity index (χ0v) is 17.7. The van der Waals surface area contributed by atoms with Crippen molar-refractivity contribution in [2.24, 2.45) is 0 Å². The Balaban J connectivity index is 1.75. The monoisotopic (exact) mass is 441 g/mol. The third-order valence-corrected chi connectivity index (χ3v) is 5.83. The van der Waals surface area contributed by atoms with Gasteiger partial charge in [0.2, 0.25) is 5.91 Å². The molecule has 1 atom stereocenters. The number of hydrogen-bond donors (Lipinski definition) is 6. The largest absolute Gasteiger partial charge is 0.397 e. The van der Waals surface area contributed by atoms with Gasteiger partial charge in [-0.1, -0.05) is 12.8 Å². The van der Waals surface area contributed by atoms with Crippen LogP contribution in [-0.4, -0.2) is 70.3 Å². The molecule has 1 aliphatic rings. The Kier molecular flexibility index (Phi) is 10.4. The Labute approximate surface area is 180 Å². The first kappa shape index (κ1) is 24.4. The molecule has 0 aliphatic heterocycles. The van der Waals surface area contributed by atoms with Crippen LogP contribution in [-0.2, 0) is 9.53 Å². The van der Waals surface area contributed by atoms with E-state index in [1.54, 1.807) is 0 Å². The lowest BCUT2D eigenvalue weighted by atomic mass is 10.1. The molecule has 1 aromatic carbocycles. The molecule has 1 aromatic rings. The smallest absolute Gasteiger partial charge is 0.251 e. The molecular weight excluding hydrogens is 410 g/mol. The first-order chi connectivity index (χ1) is 14.4. The molecule has 0 saturated heterocycles. The normalized spacial score (nSPS) is 15.3. The van der Waals surface area contributed by atoms with Gasteiger partial charge < -0.3 is 36.4 Å². The van der Waals surface area contributed by atoms with Crippen LogP contribution in [0.15, 0.2) is 18.2 Å². The second-order valence-corrected chi connectivity index (χ2v) is 8.31. The van der Waals surface area contributed by atoms with Crippen LogP contribution in [0.25, 0.3) is 0 Å². The van der Waals surface area contributed by atoms with E-state index in [4.69, 9.17) is 25.8 Å². The van der Waals surface area contributed by atoms with Crippen LogP contribution in [0.3, 0.4) is 0 Å². The standard InChI is InChI=1S/C20H31N3O6S/c21-15-7-6-13(19(26)23-17(11-24)20(27)28)10-16(15)22-18(25)12-30-9-3-8-29-14-4-1-2-5-14/h6-7,10,14,17,20,24,27-28H,1-5,8-9,11-12,21H2,(H,22,25)(H,23,26). The minimum absolute atomic E-state index is 0.162. The summed E-state index contributed by atoms with van der Waals surface area (Å²) >= 11 is 1.50. The van der Waals surface area contributed by atoms with Gasteiger partial charge in [0.25, 0.3) is 5.91 Å². The number of ether oxygens (including phenoxy) is 1. The number of nitrogens with one attached hydrogen (secondary N) is 2. The van der Waals surface area contributed by atoms with E-state index in [-0.39, 0.29) is 17.2 Å². The molecule has 7 N–H and O–H groups in total. The van der Waals surface area contributed by atoms with Crippen LogP contribution < -0.4 is 16.4 Å². The number of benzene rings is 1. The first-order valence-corrected chi connectivity index (χ1v) is 11.2. The van der Waals surface area contributed by atoms with Crippen LogP contribution in [0, 0.1) is 0 Å². The Morgan fingerprint density at radius 1 is 1.27 bits per heavy atom. The number of nitrogens with two attached hydrogens (primary N) is 1. The average Bonchev–Trinajstić information content (AvgIpc) is 3.23. The van der Waals surface area contributed by atoms with Crippen molar-refractivity contribution in [3.05, 3.63) is 23.8 Å². The summed E-state index contributed by atoms with van der Waals surface area (Å²) in [6.07, 6.45) is 4.18. The Morgan fingerprint density at radius 2 is 2.00 bits per heavy atom. The van der Waals surface area contributed by atoms with E-state index in [0.717, 1.165) is 25.0 Å². The van der Waals surface area contributed by atoms with Gasteiger partial charge in [-0.25, -0.2) is 0 Å². The molecule has 30 heavy (non-hydrogen) atoms. The fourth-order valence-electron chi connectivity index (χ4n) is 3.09. The number of aliphatic hydroxyl groups excluding tert-OH is 2. The fourth-order valence-corrected chi connectivity index (χ4v) is 3.81. The van der Waals surface area contributed by atoms with Gasteiger partial charge in [0, 0.05) is 12.2 Å². The maximum Gasteiger partial charge on any atom is 0.251 e. The summed E-state index contributed by atoms with van der Waals surface area (Å²) in [6, 6.07) is 3.10. The van der Waals surface area contributed by atoms with E-state index in [9.17, 15) is 9.59 Å². The van der Waals surface area contributed by atoms with Gasteiger partial charge >= 0.3 is 0 Å². The molecule has 0 aromatic heterocycles. The van der Waals surface area contributed by atoms with Gasteiger partial charge in [-0.15, -0.1) is 0 Å². The zero-order valence-electron chi connectivity index (χ0n) is 16.9. The van der Waals surface area contributed by atoms with E-state index in [2.05, 4.69) is 10.6 Å². The molecule has 9 nitrogen and oxygen atoms in total. The van der Waals surface area contributed by atoms with Crippen molar-refractivity contribution in [2.45, 2.75) is 50.5 Å². The number of thioether (sulfide) groups is 1. The van der Waals surface area contributed by atoms with Crippen molar-refractivity contribution in [3.63, 3.8) is 0 Å². The highest BCUT2D eigenvalue weighted by Crippen LogP contribution is 2.22. The minimum atomic E-state index is -1.90. The topological polar surface area (TPSA) is 154 Å². The summed E-state index contributed by atoms with van der Waals surface area (Å²) in [6.45, 7) is 0.0751. The quantitative estimate of drug-likeness (QED) is 0.157. The number of aliphatic hydroxyl groups is 3. The molecule has 0 radical (unpaired) electrons. The van der Waals surface area contributed by atoms with Crippen molar-refractivity contribution in [3.8, 4) is 0 Å². The molecule has 1 aliphatic carbocycles. The van der Waals surface area contributed by atoms with E-state index in [1.807, 2.05) is 0 Å². The van der Waals surface area contributed by atoms with E-state index >= 15 is 0 Å². The number of carbonyl (C=O) groups is 2. The summed E-state index contributed by atoms with van der Waals surface area (Å²) in [5.41, 5.74) is 6.64. The first-order valence-electron chi connectivity index (χ1n) is 10.1. The third kappa shape index (κ3) is 8.11. The van der Waals surface area contributed by atoms with Crippen molar-refractivity contribution in [1.29, 1.82) is 0 Å². The van der Waals surface area contributed by atoms with Crippen LogP contribution in [0.4, 0.5) is 11.4 Å². The molecule has 0 bridgehead atoms. The number of anilines is 2. The Hall–Kier alpha value is -1.85. The Morgan fingerprint density at radius 3 is 2.67 bits per heavy atom. The minimum Gasteiger partial charge on any atom is -0.397 e. The van der Waals surface area contributed by atoms with Crippen LogP contribution in [0.5, 0.6) is 0 Å². The lowest BCUT2D eigenvalue weighted by Crippen LogP contribution is -2.45. The van der Waals surface area contributed by atoms with Crippen molar-refractivity contribution >= 4 is 35.0 Å². The van der Waals surface area contributed by atoms with Crippen LogP contribution >= 0.6 is 11.8 Å². The van der Waals surface area contributed by atoms with Crippen molar-refractivity contribution in [2.75, 3.05) is 35.8 Å². The van der Waals surface area contributed by atoms with Gasteiger partial charge in [-0.05, 0) is 43.2 Å². The van der Waals surface area contributed by atoms with E-state index < -0.39 is 24.8 Å². The maximum absolute atomic E-state index is 12.2. The molecular formula is C20H31N3O6S. The number of nitrogen functional groups attached to an aromatic ring is 1. The summed E-state index contributed by atoms with van der Waals surface area (Å²) in [5, 5.41) is 32.3.